The van der Waals surface area contributed by atoms with Crippen LogP contribution in [0.3, 0.4) is 0 Å². The Kier molecular flexibility index (Phi) is 2.47. The Hall–Kier alpha value is -1.40. The monoisotopic (exact) mass is 190 g/mol. The minimum atomic E-state index is -0.229. The molecule has 0 amide bonds. The van der Waals surface area contributed by atoms with Gasteiger partial charge in [-0.25, -0.2) is 4.39 Å². The Morgan fingerprint density at radius 1 is 1.29 bits per heavy atom. The van der Waals surface area contributed by atoms with Gasteiger partial charge in [-0.1, -0.05) is 12.1 Å². The van der Waals surface area contributed by atoms with Gasteiger partial charge in [-0.2, -0.15) is 5.26 Å². The molecule has 0 saturated carbocycles. The van der Waals surface area contributed by atoms with Gasteiger partial charge in [-0.3, -0.25) is 0 Å². The van der Waals surface area contributed by atoms with Gasteiger partial charge in [0.2, 0.25) is 0 Å². The van der Waals surface area contributed by atoms with Crippen molar-refractivity contribution >= 4 is 0 Å². The lowest BCUT2D eigenvalue weighted by Crippen LogP contribution is -2.08. The van der Waals surface area contributed by atoms with Crippen LogP contribution in [0.5, 0.6) is 0 Å². The summed E-state index contributed by atoms with van der Waals surface area (Å²) < 4.78 is 12.7. The number of benzene rings is 1. The van der Waals surface area contributed by atoms with Gasteiger partial charge in [0.05, 0.1) is 12.0 Å². The van der Waals surface area contributed by atoms with Crippen molar-refractivity contribution in [2.75, 3.05) is 13.1 Å². The number of nitrogens with one attached hydrogen (secondary N) is 1. The van der Waals surface area contributed by atoms with E-state index in [0.717, 1.165) is 18.7 Å². The standard InChI is InChI=1S/C11H11FN2/c12-10-3-1-8(2-4-10)11-7-14-6-9(11)5-13/h1-4,9,11,14H,6-7H2/t9-,11-/m1/s1. The molecule has 0 unspecified atom stereocenters. The maximum atomic E-state index is 12.7. The Balaban J connectivity index is 2.23. The highest BCUT2D eigenvalue weighted by atomic mass is 19.1. The normalized spacial score (nSPS) is 26.0. The number of hydrogen-bond acceptors (Lipinski definition) is 2. The van der Waals surface area contributed by atoms with E-state index < -0.39 is 0 Å². The van der Waals surface area contributed by atoms with Crippen LogP contribution >= 0.6 is 0 Å². The number of nitriles is 1. The van der Waals surface area contributed by atoms with E-state index in [1.807, 2.05) is 0 Å². The smallest absolute Gasteiger partial charge is 0.123 e. The molecule has 72 valence electrons. The number of nitrogens with zero attached hydrogens (tertiary/aromatic N) is 1. The molecule has 1 heterocycles. The van der Waals surface area contributed by atoms with Crippen LogP contribution in [-0.2, 0) is 0 Å². The van der Waals surface area contributed by atoms with E-state index in [0.29, 0.717) is 0 Å². The first-order valence-corrected chi connectivity index (χ1v) is 4.67. The van der Waals surface area contributed by atoms with Gasteiger partial charge < -0.3 is 5.32 Å². The Morgan fingerprint density at radius 2 is 2.00 bits per heavy atom. The zero-order chi connectivity index (χ0) is 9.97. The molecule has 2 nitrogen and oxygen atoms in total. The maximum Gasteiger partial charge on any atom is 0.123 e. The highest BCUT2D eigenvalue weighted by molar-refractivity contribution is 5.25. The minimum absolute atomic E-state index is 0.0143. The molecule has 1 aromatic rings. The molecular weight excluding hydrogens is 179 g/mol. The largest absolute Gasteiger partial charge is 0.315 e. The van der Waals surface area contributed by atoms with Crippen LogP contribution in [-0.4, -0.2) is 13.1 Å². The van der Waals surface area contributed by atoms with Gasteiger partial charge in [0, 0.05) is 19.0 Å². The predicted octanol–water partition coefficient (Wildman–Crippen LogP) is 1.65. The topological polar surface area (TPSA) is 35.8 Å². The number of halogens is 1. The van der Waals surface area contributed by atoms with Gasteiger partial charge in [-0.15, -0.1) is 0 Å². The third-order valence-electron chi connectivity index (χ3n) is 2.68. The lowest BCUT2D eigenvalue weighted by atomic mass is 9.90. The zero-order valence-corrected chi connectivity index (χ0v) is 7.70. The molecule has 0 spiro atoms. The SMILES string of the molecule is N#C[C@@H]1CNC[C@@H]1c1ccc(F)cc1. The van der Waals surface area contributed by atoms with Gasteiger partial charge in [0.15, 0.2) is 0 Å². The first-order chi connectivity index (χ1) is 6.81. The molecule has 1 aliphatic rings. The molecule has 0 aliphatic carbocycles. The molecule has 1 fully saturated rings. The van der Waals surface area contributed by atoms with E-state index in [-0.39, 0.29) is 17.7 Å². The summed E-state index contributed by atoms with van der Waals surface area (Å²) in [5.74, 6) is -0.00530. The number of rotatable bonds is 1. The van der Waals surface area contributed by atoms with E-state index in [1.54, 1.807) is 12.1 Å². The van der Waals surface area contributed by atoms with E-state index in [2.05, 4.69) is 11.4 Å². The summed E-state index contributed by atoms with van der Waals surface area (Å²) in [5, 5.41) is 12.1. The quantitative estimate of drug-likeness (QED) is 0.731. The summed E-state index contributed by atoms with van der Waals surface area (Å²) in [7, 11) is 0. The fraction of sp³-hybridized carbons (Fsp3) is 0.364. The molecule has 0 radical (unpaired) electrons. The van der Waals surface area contributed by atoms with Crippen molar-refractivity contribution < 1.29 is 4.39 Å². The van der Waals surface area contributed by atoms with Crippen LogP contribution in [0.4, 0.5) is 4.39 Å². The van der Waals surface area contributed by atoms with Gasteiger partial charge >= 0.3 is 0 Å². The van der Waals surface area contributed by atoms with Crippen LogP contribution in [0.2, 0.25) is 0 Å². The second-order valence-electron chi connectivity index (χ2n) is 3.55. The Morgan fingerprint density at radius 3 is 2.64 bits per heavy atom. The van der Waals surface area contributed by atoms with E-state index in [4.69, 9.17) is 5.26 Å². The fourth-order valence-electron chi connectivity index (χ4n) is 1.87. The highest BCUT2D eigenvalue weighted by Crippen LogP contribution is 2.27. The molecule has 1 aliphatic heterocycles. The average Bonchev–Trinajstić information content (AvgIpc) is 2.67. The Bertz CT molecular complexity index is 353. The van der Waals surface area contributed by atoms with Crippen LogP contribution in [0.25, 0.3) is 0 Å². The van der Waals surface area contributed by atoms with Crippen LogP contribution in [0, 0.1) is 23.1 Å². The molecule has 0 bridgehead atoms. The average molecular weight is 190 g/mol. The van der Waals surface area contributed by atoms with Crippen molar-refractivity contribution in [2.45, 2.75) is 5.92 Å². The Labute approximate surface area is 82.4 Å². The van der Waals surface area contributed by atoms with Crippen molar-refractivity contribution in [2.24, 2.45) is 5.92 Å². The minimum Gasteiger partial charge on any atom is -0.315 e. The second-order valence-corrected chi connectivity index (χ2v) is 3.55. The fourth-order valence-corrected chi connectivity index (χ4v) is 1.87. The van der Waals surface area contributed by atoms with Crippen LogP contribution in [0.15, 0.2) is 24.3 Å². The summed E-state index contributed by atoms with van der Waals surface area (Å²) in [6.45, 7) is 1.54. The molecular formula is C11H11FN2. The van der Waals surface area contributed by atoms with Crippen molar-refractivity contribution in [3.63, 3.8) is 0 Å². The molecule has 2 atom stereocenters. The molecule has 0 aromatic heterocycles. The molecule has 2 rings (SSSR count). The lowest BCUT2D eigenvalue weighted by molar-refractivity contribution is 0.618. The summed E-state index contributed by atoms with van der Waals surface area (Å²) in [5.41, 5.74) is 1.04. The molecule has 1 N–H and O–H groups in total. The molecule has 1 saturated heterocycles. The first kappa shape index (κ1) is 9.17. The van der Waals surface area contributed by atoms with Crippen LogP contribution < -0.4 is 5.32 Å². The van der Waals surface area contributed by atoms with Crippen molar-refractivity contribution in [1.29, 1.82) is 5.26 Å². The third-order valence-corrected chi connectivity index (χ3v) is 2.68. The van der Waals surface area contributed by atoms with E-state index in [9.17, 15) is 4.39 Å². The van der Waals surface area contributed by atoms with Crippen molar-refractivity contribution in [3.8, 4) is 6.07 Å². The van der Waals surface area contributed by atoms with Crippen molar-refractivity contribution in [3.05, 3.63) is 35.6 Å². The highest BCUT2D eigenvalue weighted by Gasteiger charge is 2.27. The first-order valence-electron chi connectivity index (χ1n) is 4.67. The van der Waals surface area contributed by atoms with Gasteiger partial charge in [-0.05, 0) is 17.7 Å². The lowest BCUT2D eigenvalue weighted by Gasteiger charge is -2.11. The predicted molar refractivity (Wildman–Crippen MR) is 51.1 cm³/mol. The summed E-state index contributed by atoms with van der Waals surface area (Å²) in [6.07, 6.45) is 0. The van der Waals surface area contributed by atoms with Gasteiger partial charge in [0.1, 0.15) is 5.82 Å². The molecule has 1 aromatic carbocycles. The summed E-state index contributed by atoms with van der Waals surface area (Å²) in [4.78, 5) is 0. The molecule has 3 heteroatoms. The maximum absolute atomic E-state index is 12.7. The summed E-state index contributed by atoms with van der Waals surface area (Å²) in [6, 6.07) is 8.69. The van der Waals surface area contributed by atoms with Crippen molar-refractivity contribution in [1.82, 2.24) is 5.32 Å². The number of hydrogen-bond donors (Lipinski definition) is 1. The second kappa shape index (κ2) is 3.77. The van der Waals surface area contributed by atoms with E-state index in [1.165, 1.54) is 12.1 Å². The molecule has 14 heavy (non-hydrogen) atoms. The van der Waals surface area contributed by atoms with Crippen LogP contribution in [0.1, 0.15) is 11.5 Å². The van der Waals surface area contributed by atoms with E-state index >= 15 is 0 Å². The van der Waals surface area contributed by atoms with Gasteiger partial charge in [0.25, 0.3) is 0 Å². The third kappa shape index (κ3) is 1.61. The zero-order valence-electron chi connectivity index (χ0n) is 7.70. The summed E-state index contributed by atoms with van der Waals surface area (Å²) >= 11 is 0.